The van der Waals surface area contributed by atoms with Crippen LogP contribution in [0, 0.1) is 23.7 Å². The average molecular weight is 338 g/mol. The number of esters is 2. The summed E-state index contributed by atoms with van der Waals surface area (Å²) in [5, 5.41) is 0. The van der Waals surface area contributed by atoms with Crippen LogP contribution in [0.3, 0.4) is 0 Å². The molecule has 0 aromatic heterocycles. The van der Waals surface area contributed by atoms with E-state index in [9.17, 15) is 9.59 Å². The first-order valence-electron chi connectivity index (χ1n) is 9.17. The summed E-state index contributed by atoms with van der Waals surface area (Å²) in [6.07, 6.45) is 4.59. The first-order chi connectivity index (χ1) is 11.5. The summed E-state index contributed by atoms with van der Waals surface area (Å²) in [6, 6.07) is 0. The third kappa shape index (κ3) is 3.31. The van der Waals surface area contributed by atoms with Gasteiger partial charge in [-0.15, -0.1) is 0 Å². The molecule has 24 heavy (non-hydrogen) atoms. The summed E-state index contributed by atoms with van der Waals surface area (Å²) in [5.41, 5.74) is 0. The molecule has 2 saturated carbocycles. The van der Waals surface area contributed by atoms with Crippen LogP contribution < -0.4 is 0 Å². The van der Waals surface area contributed by atoms with E-state index in [0.717, 1.165) is 25.7 Å². The third-order valence-electron chi connectivity index (χ3n) is 6.11. The number of carbonyl (C=O) groups excluding carboxylic acids is 2. The van der Waals surface area contributed by atoms with E-state index >= 15 is 0 Å². The highest BCUT2D eigenvalue weighted by Crippen LogP contribution is 2.44. The van der Waals surface area contributed by atoms with Crippen LogP contribution in [0.25, 0.3) is 0 Å². The molecule has 2 aliphatic carbocycles. The fraction of sp³-hybridized carbons (Fsp3) is 0.889. The van der Waals surface area contributed by atoms with Gasteiger partial charge in [-0.05, 0) is 37.5 Å². The lowest BCUT2D eigenvalue weighted by Gasteiger charge is -2.25. The molecule has 0 spiro atoms. The summed E-state index contributed by atoms with van der Waals surface area (Å²) in [5.74, 6) is 0.0239. The standard InChI is InChI=1S/C18H26O6/c1-9-5-13-15(23-13)7-11(9)17(19)21-3-4-22-18(20)12-8-16-14(24-16)6-10(12)2/h9-16H,3-8H2,1-2H3. The Morgan fingerprint density at radius 2 is 1.12 bits per heavy atom. The minimum Gasteiger partial charge on any atom is -0.462 e. The van der Waals surface area contributed by atoms with Crippen LogP contribution in [0.2, 0.25) is 0 Å². The number of ether oxygens (including phenoxy) is 4. The molecule has 2 aliphatic heterocycles. The zero-order chi connectivity index (χ0) is 16.8. The minimum atomic E-state index is -0.187. The topological polar surface area (TPSA) is 77.7 Å². The molecule has 8 atom stereocenters. The monoisotopic (exact) mass is 338 g/mol. The molecular formula is C18H26O6. The highest BCUT2D eigenvalue weighted by Gasteiger charge is 2.50. The smallest absolute Gasteiger partial charge is 0.309 e. The van der Waals surface area contributed by atoms with Crippen molar-refractivity contribution in [3.05, 3.63) is 0 Å². The number of hydrogen-bond donors (Lipinski definition) is 0. The Labute approximate surface area is 142 Å². The van der Waals surface area contributed by atoms with Crippen molar-refractivity contribution in [1.82, 2.24) is 0 Å². The normalized spacial score (nSPS) is 45.6. The number of fused-ring (bicyclic) bond motifs is 2. The van der Waals surface area contributed by atoms with Crippen molar-refractivity contribution in [3.63, 3.8) is 0 Å². The highest BCUT2D eigenvalue weighted by atomic mass is 16.6. The zero-order valence-electron chi connectivity index (χ0n) is 14.3. The Morgan fingerprint density at radius 3 is 1.54 bits per heavy atom. The van der Waals surface area contributed by atoms with Gasteiger partial charge < -0.3 is 18.9 Å². The van der Waals surface area contributed by atoms with Gasteiger partial charge in [0.25, 0.3) is 0 Å². The number of rotatable bonds is 5. The summed E-state index contributed by atoms with van der Waals surface area (Å²) in [6.45, 7) is 4.40. The minimum absolute atomic E-state index is 0.0910. The van der Waals surface area contributed by atoms with E-state index in [1.165, 1.54) is 0 Å². The van der Waals surface area contributed by atoms with E-state index in [2.05, 4.69) is 13.8 Å². The number of epoxide rings is 2. The Hall–Kier alpha value is -1.14. The molecule has 6 nitrogen and oxygen atoms in total. The molecule has 6 heteroatoms. The van der Waals surface area contributed by atoms with Crippen LogP contribution in [0.4, 0.5) is 0 Å². The molecule has 2 heterocycles. The van der Waals surface area contributed by atoms with E-state index in [1.54, 1.807) is 0 Å². The van der Waals surface area contributed by atoms with Gasteiger partial charge in [0, 0.05) is 0 Å². The van der Waals surface area contributed by atoms with E-state index in [4.69, 9.17) is 18.9 Å². The molecule has 0 aromatic carbocycles. The van der Waals surface area contributed by atoms with Gasteiger partial charge in [0.2, 0.25) is 0 Å². The van der Waals surface area contributed by atoms with Gasteiger partial charge in [0.15, 0.2) is 0 Å². The molecule has 0 aromatic rings. The van der Waals surface area contributed by atoms with Crippen molar-refractivity contribution < 1.29 is 28.5 Å². The largest absolute Gasteiger partial charge is 0.462 e. The van der Waals surface area contributed by atoms with E-state index in [0.29, 0.717) is 24.0 Å². The maximum Gasteiger partial charge on any atom is 0.309 e. The summed E-state index contributed by atoms with van der Waals surface area (Å²) in [7, 11) is 0. The van der Waals surface area contributed by atoms with Gasteiger partial charge >= 0.3 is 11.9 Å². The van der Waals surface area contributed by atoms with Crippen LogP contribution >= 0.6 is 0 Å². The van der Waals surface area contributed by atoms with Crippen molar-refractivity contribution in [1.29, 1.82) is 0 Å². The maximum atomic E-state index is 12.2. The molecule has 4 aliphatic rings. The number of carbonyl (C=O) groups is 2. The molecule has 2 saturated heterocycles. The molecule has 4 rings (SSSR count). The van der Waals surface area contributed by atoms with Gasteiger partial charge in [-0.25, -0.2) is 0 Å². The highest BCUT2D eigenvalue weighted by molar-refractivity contribution is 5.74. The zero-order valence-corrected chi connectivity index (χ0v) is 14.3. The van der Waals surface area contributed by atoms with Crippen LogP contribution in [0.15, 0.2) is 0 Å². The van der Waals surface area contributed by atoms with Gasteiger partial charge in [0.05, 0.1) is 36.3 Å². The summed E-state index contributed by atoms with van der Waals surface area (Å²) >= 11 is 0. The van der Waals surface area contributed by atoms with E-state index in [1.807, 2.05) is 0 Å². The van der Waals surface area contributed by atoms with Crippen molar-refractivity contribution in [2.45, 2.75) is 63.9 Å². The predicted molar refractivity (Wildman–Crippen MR) is 83.0 cm³/mol. The van der Waals surface area contributed by atoms with Crippen LogP contribution in [-0.4, -0.2) is 49.6 Å². The number of hydrogen-bond acceptors (Lipinski definition) is 6. The first kappa shape index (κ1) is 16.3. The van der Waals surface area contributed by atoms with Gasteiger partial charge in [-0.3, -0.25) is 9.59 Å². The molecule has 0 amide bonds. The molecule has 134 valence electrons. The van der Waals surface area contributed by atoms with Crippen molar-refractivity contribution >= 4 is 11.9 Å². The Morgan fingerprint density at radius 1 is 0.750 bits per heavy atom. The summed E-state index contributed by atoms with van der Waals surface area (Å²) < 4.78 is 21.6. The molecule has 8 unspecified atom stereocenters. The lowest BCUT2D eigenvalue weighted by atomic mass is 9.80. The van der Waals surface area contributed by atoms with E-state index < -0.39 is 0 Å². The van der Waals surface area contributed by atoms with Crippen molar-refractivity contribution in [2.24, 2.45) is 23.7 Å². The summed E-state index contributed by atoms with van der Waals surface area (Å²) in [4.78, 5) is 24.4. The molecule has 0 bridgehead atoms. The molecular weight excluding hydrogens is 312 g/mol. The SMILES string of the molecule is CC1CC2OC2CC1C(=O)OCCOC(=O)C1CC2OC2CC1C. The molecule has 0 N–H and O–H groups in total. The second-order valence-corrected chi connectivity index (χ2v) is 7.87. The Bertz CT molecular complexity index is 474. The predicted octanol–water partition coefficient (Wildman–Crippen LogP) is 1.70. The second-order valence-electron chi connectivity index (χ2n) is 7.87. The molecule has 0 radical (unpaired) electrons. The van der Waals surface area contributed by atoms with E-state index in [-0.39, 0.29) is 49.2 Å². The van der Waals surface area contributed by atoms with Crippen LogP contribution in [-0.2, 0) is 28.5 Å². The second kappa shape index (κ2) is 6.30. The Kier molecular flexibility index (Phi) is 4.29. The van der Waals surface area contributed by atoms with Crippen LogP contribution in [0.1, 0.15) is 39.5 Å². The fourth-order valence-corrected chi connectivity index (χ4v) is 4.37. The lowest BCUT2D eigenvalue weighted by molar-refractivity contribution is -0.160. The van der Waals surface area contributed by atoms with Gasteiger partial charge in [-0.2, -0.15) is 0 Å². The molecule has 4 fully saturated rings. The van der Waals surface area contributed by atoms with Crippen molar-refractivity contribution in [2.75, 3.05) is 13.2 Å². The van der Waals surface area contributed by atoms with Crippen LogP contribution in [0.5, 0.6) is 0 Å². The lowest BCUT2D eigenvalue weighted by Crippen LogP contribution is -2.33. The van der Waals surface area contributed by atoms with Gasteiger partial charge in [0.1, 0.15) is 13.2 Å². The third-order valence-corrected chi connectivity index (χ3v) is 6.11. The first-order valence-corrected chi connectivity index (χ1v) is 9.17. The van der Waals surface area contributed by atoms with Gasteiger partial charge in [-0.1, -0.05) is 13.8 Å². The fourth-order valence-electron chi connectivity index (χ4n) is 4.37. The maximum absolute atomic E-state index is 12.2. The van der Waals surface area contributed by atoms with Crippen molar-refractivity contribution in [3.8, 4) is 0 Å². The average Bonchev–Trinajstić information content (AvgIpc) is 3.44. The quantitative estimate of drug-likeness (QED) is 0.431. The Balaban J connectivity index is 1.16.